The number of carboxylic acids is 1. The van der Waals surface area contributed by atoms with Crippen molar-refractivity contribution in [3.8, 4) is 0 Å². The van der Waals surface area contributed by atoms with E-state index in [0.717, 1.165) is 25.7 Å². The number of carboxylic acid groups (broad SMARTS) is 1. The van der Waals surface area contributed by atoms with Crippen LogP contribution in [0.4, 0.5) is 0 Å². The number of carbonyl (C=O) groups excluding carboxylic acids is 1. The molecule has 1 atom stereocenters. The number of nitrogens with one attached hydrogen (secondary N) is 1. The molecule has 16 heavy (non-hydrogen) atoms. The minimum atomic E-state index is -0.919. The largest absolute Gasteiger partial charge is 0.481 e. The van der Waals surface area contributed by atoms with Crippen LogP contribution in [0.15, 0.2) is 0 Å². The van der Waals surface area contributed by atoms with Gasteiger partial charge < -0.3 is 16.2 Å². The third-order valence-corrected chi connectivity index (χ3v) is 3.38. The second kappa shape index (κ2) is 5.30. The first-order valence-electron chi connectivity index (χ1n) is 5.78. The molecule has 1 aliphatic carbocycles. The van der Waals surface area contributed by atoms with Gasteiger partial charge in [0.05, 0.1) is 6.04 Å². The summed E-state index contributed by atoms with van der Waals surface area (Å²) in [6.45, 7) is 2.04. The molecule has 1 saturated carbocycles. The molecule has 5 nitrogen and oxygen atoms in total. The van der Waals surface area contributed by atoms with Gasteiger partial charge >= 0.3 is 5.97 Å². The fraction of sp³-hybridized carbons (Fsp3) is 0.818. The molecule has 5 heteroatoms. The van der Waals surface area contributed by atoms with Crippen molar-refractivity contribution in [2.75, 3.05) is 0 Å². The van der Waals surface area contributed by atoms with E-state index in [1.165, 1.54) is 0 Å². The van der Waals surface area contributed by atoms with Crippen molar-refractivity contribution in [3.05, 3.63) is 0 Å². The Kier molecular flexibility index (Phi) is 4.29. The van der Waals surface area contributed by atoms with E-state index in [2.05, 4.69) is 5.32 Å². The Balaban J connectivity index is 2.36. The summed E-state index contributed by atoms with van der Waals surface area (Å²) in [6.07, 6.45) is 4.18. The maximum atomic E-state index is 11.7. The molecule has 1 rings (SSSR count). The quantitative estimate of drug-likeness (QED) is 0.621. The Hall–Kier alpha value is -1.10. The Morgan fingerprint density at radius 2 is 2.12 bits per heavy atom. The number of nitrogens with two attached hydrogens (primary N) is 1. The zero-order valence-corrected chi connectivity index (χ0v) is 9.66. The average molecular weight is 228 g/mol. The molecule has 1 unspecified atom stereocenters. The van der Waals surface area contributed by atoms with Crippen LogP contribution in [0.1, 0.15) is 45.4 Å². The molecule has 4 N–H and O–H groups in total. The van der Waals surface area contributed by atoms with Gasteiger partial charge in [-0.3, -0.25) is 9.59 Å². The van der Waals surface area contributed by atoms with Gasteiger partial charge in [0.25, 0.3) is 0 Å². The van der Waals surface area contributed by atoms with E-state index in [9.17, 15) is 9.59 Å². The number of hydrogen-bond acceptors (Lipinski definition) is 3. The van der Waals surface area contributed by atoms with Crippen LogP contribution >= 0.6 is 0 Å². The third kappa shape index (κ3) is 3.20. The lowest BCUT2D eigenvalue weighted by Crippen LogP contribution is -2.57. The van der Waals surface area contributed by atoms with E-state index in [1.807, 2.05) is 6.92 Å². The summed E-state index contributed by atoms with van der Waals surface area (Å²) in [4.78, 5) is 22.0. The van der Waals surface area contributed by atoms with Gasteiger partial charge in [-0.05, 0) is 32.1 Å². The van der Waals surface area contributed by atoms with Crippen LogP contribution in [-0.2, 0) is 9.59 Å². The first-order chi connectivity index (χ1) is 7.49. The zero-order chi connectivity index (χ0) is 12.2. The maximum absolute atomic E-state index is 11.7. The molecule has 0 aliphatic heterocycles. The summed E-state index contributed by atoms with van der Waals surface area (Å²) in [7, 11) is 0. The molecule has 0 radical (unpaired) electrons. The lowest BCUT2D eigenvalue weighted by Gasteiger charge is -2.42. The molecule has 0 heterocycles. The number of amides is 1. The summed E-state index contributed by atoms with van der Waals surface area (Å²) in [6, 6.07) is -0.708. The molecule has 0 aromatic rings. The molecule has 0 aromatic carbocycles. The SMILES string of the molecule is CCC1(NC(=O)C(N)CCC(=O)O)CCC1. The first kappa shape index (κ1) is 13.0. The second-order valence-corrected chi connectivity index (χ2v) is 4.52. The Bertz CT molecular complexity index is 269. The van der Waals surface area contributed by atoms with Gasteiger partial charge in [0.15, 0.2) is 0 Å². The van der Waals surface area contributed by atoms with Crippen LogP contribution in [0.25, 0.3) is 0 Å². The average Bonchev–Trinajstić information content (AvgIpc) is 2.19. The molecule has 1 amide bonds. The van der Waals surface area contributed by atoms with Gasteiger partial charge in [-0.2, -0.15) is 0 Å². The summed E-state index contributed by atoms with van der Waals surface area (Å²) in [5.74, 6) is -1.14. The molecule has 0 bridgehead atoms. The van der Waals surface area contributed by atoms with Gasteiger partial charge in [-0.25, -0.2) is 0 Å². The Labute approximate surface area is 95.4 Å². The van der Waals surface area contributed by atoms with E-state index in [-0.39, 0.29) is 24.3 Å². The van der Waals surface area contributed by atoms with Crippen molar-refractivity contribution in [2.24, 2.45) is 5.73 Å². The Morgan fingerprint density at radius 1 is 1.50 bits per heavy atom. The van der Waals surface area contributed by atoms with Gasteiger partial charge in [-0.15, -0.1) is 0 Å². The van der Waals surface area contributed by atoms with Crippen molar-refractivity contribution in [1.29, 1.82) is 0 Å². The van der Waals surface area contributed by atoms with Crippen molar-refractivity contribution >= 4 is 11.9 Å². The van der Waals surface area contributed by atoms with Gasteiger partial charge in [0.2, 0.25) is 5.91 Å². The first-order valence-corrected chi connectivity index (χ1v) is 5.78. The highest BCUT2D eigenvalue weighted by molar-refractivity contribution is 5.83. The van der Waals surface area contributed by atoms with E-state index in [1.54, 1.807) is 0 Å². The fourth-order valence-corrected chi connectivity index (χ4v) is 1.93. The van der Waals surface area contributed by atoms with Crippen LogP contribution in [0.3, 0.4) is 0 Å². The lowest BCUT2D eigenvalue weighted by atomic mass is 9.74. The zero-order valence-electron chi connectivity index (χ0n) is 9.66. The molecular weight excluding hydrogens is 208 g/mol. The highest BCUT2D eigenvalue weighted by atomic mass is 16.4. The van der Waals surface area contributed by atoms with Crippen LogP contribution in [0, 0.1) is 0 Å². The van der Waals surface area contributed by atoms with Crippen molar-refractivity contribution in [3.63, 3.8) is 0 Å². The van der Waals surface area contributed by atoms with E-state index in [0.29, 0.717) is 0 Å². The number of hydrogen-bond donors (Lipinski definition) is 3. The molecule has 92 valence electrons. The fourth-order valence-electron chi connectivity index (χ4n) is 1.93. The predicted molar refractivity (Wildman–Crippen MR) is 59.9 cm³/mol. The highest BCUT2D eigenvalue weighted by Gasteiger charge is 2.37. The van der Waals surface area contributed by atoms with Crippen molar-refractivity contribution in [2.45, 2.75) is 57.0 Å². The molecule has 0 saturated heterocycles. The lowest BCUT2D eigenvalue weighted by molar-refractivity contribution is -0.137. The standard InChI is InChI=1S/C11H20N2O3/c1-2-11(6-3-7-11)13-10(16)8(12)4-5-9(14)15/h8H,2-7,12H2,1H3,(H,13,16)(H,14,15). The number of carbonyl (C=O) groups is 2. The molecule has 1 aliphatic rings. The summed E-state index contributed by atoms with van der Waals surface area (Å²) in [5.41, 5.74) is 5.56. The molecule has 0 spiro atoms. The molecule has 0 aromatic heterocycles. The number of rotatable bonds is 6. The molecular formula is C11H20N2O3. The summed E-state index contributed by atoms with van der Waals surface area (Å²) >= 11 is 0. The van der Waals surface area contributed by atoms with Crippen LogP contribution < -0.4 is 11.1 Å². The van der Waals surface area contributed by atoms with E-state index < -0.39 is 12.0 Å². The molecule has 1 fully saturated rings. The summed E-state index contributed by atoms with van der Waals surface area (Å²) < 4.78 is 0. The smallest absolute Gasteiger partial charge is 0.303 e. The van der Waals surface area contributed by atoms with E-state index in [4.69, 9.17) is 10.8 Å². The number of aliphatic carboxylic acids is 1. The second-order valence-electron chi connectivity index (χ2n) is 4.52. The third-order valence-electron chi connectivity index (χ3n) is 3.38. The van der Waals surface area contributed by atoms with E-state index >= 15 is 0 Å². The van der Waals surface area contributed by atoms with Crippen molar-refractivity contribution in [1.82, 2.24) is 5.32 Å². The van der Waals surface area contributed by atoms with Gasteiger partial charge in [0.1, 0.15) is 0 Å². The van der Waals surface area contributed by atoms with Crippen molar-refractivity contribution < 1.29 is 14.7 Å². The monoisotopic (exact) mass is 228 g/mol. The predicted octanol–water partition coefficient (Wildman–Crippen LogP) is 0.627. The Morgan fingerprint density at radius 3 is 2.50 bits per heavy atom. The van der Waals surface area contributed by atoms with Crippen LogP contribution in [0.5, 0.6) is 0 Å². The summed E-state index contributed by atoms with van der Waals surface area (Å²) in [5, 5.41) is 11.4. The van der Waals surface area contributed by atoms with Crippen LogP contribution in [0.2, 0.25) is 0 Å². The van der Waals surface area contributed by atoms with Gasteiger partial charge in [-0.1, -0.05) is 6.92 Å². The normalized spacial score (nSPS) is 19.6. The minimum Gasteiger partial charge on any atom is -0.481 e. The minimum absolute atomic E-state index is 0.0618. The van der Waals surface area contributed by atoms with Gasteiger partial charge in [0, 0.05) is 12.0 Å². The maximum Gasteiger partial charge on any atom is 0.303 e. The van der Waals surface area contributed by atoms with Crippen LogP contribution in [-0.4, -0.2) is 28.6 Å². The highest BCUT2D eigenvalue weighted by Crippen LogP contribution is 2.34. The topological polar surface area (TPSA) is 92.4 Å².